The number of aromatic nitrogens is 2. The topological polar surface area (TPSA) is 97.8 Å². The minimum atomic E-state index is -0.507. The summed E-state index contributed by atoms with van der Waals surface area (Å²) in [5, 5.41) is 6.79. The number of amides is 1. The van der Waals surface area contributed by atoms with Crippen LogP contribution in [-0.4, -0.2) is 71.9 Å². The molecule has 4 heterocycles. The third-order valence-corrected chi connectivity index (χ3v) is 7.89. The summed E-state index contributed by atoms with van der Waals surface area (Å²) in [5.74, 6) is 0.198. The van der Waals surface area contributed by atoms with Gasteiger partial charge in [-0.3, -0.25) is 9.69 Å². The zero-order valence-electron chi connectivity index (χ0n) is 21.9. The van der Waals surface area contributed by atoms with Gasteiger partial charge in [-0.1, -0.05) is 17.7 Å². The van der Waals surface area contributed by atoms with Crippen molar-refractivity contribution < 1.29 is 23.4 Å². The minimum absolute atomic E-state index is 0.00185. The van der Waals surface area contributed by atoms with Crippen molar-refractivity contribution in [3.8, 4) is 5.75 Å². The Labute approximate surface area is 236 Å². The summed E-state index contributed by atoms with van der Waals surface area (Å²) in [6, 6.07) is 8.74. The van der Waals surface area contributed by atoms with Crippen molar-refractivity contribution in [1.29, 1.82) is 0 Å². The number of hydrogen-bond donors (Lipinski definition) is 2. The summed E-state index contributed by atoms with van der Waals surface area (Å²) in [6.07, 6.45) is 9.09. The highest BCUT2D eigenvalue weighted by Gasteiger charge is 2.36. The van der Waals surface area contributed by atoms with Gasteiger partial charge in [-0.15, -0.1) is 0 Å². The fourth-order valence-electron chi connectivity index (χ4n) is 5.54. The molecule has 3 aliphatic rings. The smallest absolute Gasteiger partial charge is 0.248 e. The van der Waals surface area contributed by atoms with Crippen LogP contribution in [0, 0.1) is 5.82 Å². The fourth-order valence-corrected chi connectivity index (χ4v) is 5.72. The van der Waals surface area contributed by atoms with Crippen LogP contribution in [0.15, 0.2) is 48.8 Å². The Kier molecular flexibility index (Phi) is 8.10. The molecule has 3 aromatic rings. The molecule has 40 heavy (non-hydrogen) atoms. The standard InChI is InChI=1S/C29H31ClFN5O4/c30-23-11-18(5-8-24(23)31)34-29-22-12-26(27(13-25(22)32-17-33-29)40-16-21-3-2-10-39-21)35-28(37)4-1-9-36-19-6-7-20(36)15-38-14-19/h1,4-5,8,11-13,17,19-21H,2-3,6-7,9-10,14-16H2,(H,35,37)(H,32,33,34)/b4-1+/t19?,20?,21-/m1/s1. The lowest BCUT2D eigenvalue weighted by molar-refractivity contribution is -0.112. The monoisotopic (exact) mass is 567 g/mol. The number of anilines is 3. The van der Waals surface area contributed by atoms with Crippen LogP contribution in [0.2, 0.25) is 5.02 Å². The largest absolute Gasteiger partial charge is 0.489 e. The summed E-state index contributed by atoms with van der Waals surface area (Å²) in [4.78, 5) is 24.2. The first kappa shape index (κ1) is 26.9. The summed E-state index contributed by atoms with van der Waals surface area (Å²) >= 11 is 5.96. The SMILES string of the molecule is O=C(/C=C/CN1C2CCC1COC2)Nc1cc2c(Nc3ccc(F)c(Cl)c3)ncnc2cc1OC[C@H]1CCCO1. The third-order valence-electron chi connectivity index (χ3n) is 7.60. The second-order valence-electron chi connectivity index (χ2n) is 10.3. The molecule has 3 aliphatic heterocycles. The van der Waals surface area contributed by atoms with Crippen molar-refractivity contribution in [2.45, 2.75) is 43.9 Å². The van der Waals surface area contributed by atoms with Crippen LogP contribution >= 0.6 is 11.6 Å². The molecule has 1 amide bonds. The summed E-state index contributed by atoms with van der Waals surface area (Å²) < 4.78 is 31.2. The van der Waals surface area contributed by atoms with Crippen LogP contribution in [0.1, 0.15) is 25.7 Å². The van der Waals surface area contributed by atoms with Crippen LogP contribution in [0.4, 0.5) is 21.6 Å². The van der Waals surface area contributed by atoms with E-state index in [2.05, 4.69) is 25.5 Å². The predicted molar refractivity (Wildman–Crippen MR) is 151 cm³/mol. The van der Waals surface area contributed by atoms with E-state index in [0.717, 1.165) is 45.5 Å². The first-order valence-corrected chi connectivity index (χ1v) is 14.0. The lowest BCUT2D eigenvalue weighted by Gasteiger charge is -2.33. The maximum Gasteiger partial charge on any atom is 0.248 e. The van der Waals surface area contributed by atoms with Crippen molar-refractivity contribution in [2.75, 3.05) is 43.6 Å². The molecule has 2 N–H and O–H groups in total. The lowest BCUT2D eigenvalue weighted by Crippen LogP contribution is -2.45. The van der Waals surface area contributed by atoms with Crippen LogP contribution in [0.25, 0.3) is 10.9 Å². The van der Waals surface area contributed by atoms with Crippen LogP contribution in [0.3, 0.4) is 0 Å². The molecule has 9 nitrogen and oxygen atoms in total. The summed E-state index contributed by atoms with van der Waals surface area (Å²) in [7, 11) is 0. The Morgan fingerprint density at radius 1 is 1.18 bits per heavy atom. The molecule has 3 saturated heterocycles. The molecule has 0 radical (unpaired) electrons. The third kappa shape index (κ3) is 6.05. The lowest BCUT2D eigenvalue weighted by atomic mass is 10.1. The van der Waals surface area contributed by atoms with E-state index in [0.29, 0.717) is 59.1 Å². The molecule has 0 aliphatic carbocycles. The number of halogens is 2. The summed E-state index contributed by atoms with van der Waals surface area (Å²) in [6.45, 7) is 3.30. The van der Waals surface area contributed by atoms with Crippen LogP contribution < -0.4 is 15.4 Å². The highest BCUT2D eigenvalue weighted by molar-refractivity contribution is 6.31. The molecule has 2 bridgehead atoms. The van der Waals surface area contributed by atoms with Gasteiger partial charge in [0.2, 0.25) is 5.91 Å². The first-order chi connectivity index (χ1) is 19.5. The number of morpholine rings is 1. The van der Waals surface area contributed by atoms with Crippen LogP contribution in [-0.2, 0) is 14.3 Å². The minimum Gasteiger partial charge on any atom is -0.489 e. The van der Waals surface area contributed by atoms with E-state index in [1.54, 1.807) is 24.3 Å². The van der Waals surface area contributed by atoms with E-state index in [1.165, 1.54) is 18.5 Å². The molecule has 6 rings (SSSR count). The van der Waals surface area contributed by atoms with Gasteiger partial charge in [0.25, 0.3) is 0 Å². The highest BCUT2D eigenvalue weighted by atomic mass is 35.5. The molecular weight excluding hydrogens is 537 g/mol. The number of hydrogen-bond acceptors (Lipinski definition) is 8. The van der Waals surface area contributed by atoms with Gasteiger partial charge in [0.1, 0.15) is 30.3 Å². The van der Waals surface area contributed by atoms with Gasteiger partial charge >= 0.3 is 0 Å². The molecule has 2 aromatic carbocycles. The van der Waals surface area contributed by atoms with E-state index in [-0.39, 0.29) is 17.0 Å². The molecule has 3 atom stereocenters. The predicted octanol–water partition coefficient (Wildman–Crippen LogP) is 5.08. The van der Waals surface area contributed by atoms with Crippen molar-refractivity contribution >= 4 is 45.6 Å². The number of ether oxygens (including phenoxy) is 3. The molecule has 0 saturated carbocycles. The number of benzene rings is 2. The number of nitrogens with one attached hydrogen (secondary N) is 2. The van der Waals surface area contributed by atoms with Crippen molar-refractivity contribution in [3.63, 3.8) is 0 Å². The van der Waals surface area contributed by atoms with E-state index in [4.69, 9.17) is 25.8 Å². The Balaban J connectivity index is 1.23. The Morgan fingerprint density at radius 2 is 2.02 bits per heavy atom. The Morgan fingerprint density at radius 3 is 2.80 bits per heavy atom. The van der Waals surface area contributed by atoms with Crippen LogP contribution in [0.5, 0.6) is 5.75 Å². The van der Waals surface area contributed by atoms with Gasteiger partial charge in [0.05, 0.1) is 35.5 Å². The van der Waals surface area contributed by atoms with Gasteiger partial charge in [-0.05, 0) is 49.9 Å². The van der Waals surface area contributed by atoms with Gasteiger partial charge in [-0.25, -0.2) is 14.4 Å². The molecule has 3 fully saturated rings. The first-order valence-electron chi connectivity index (χ1n) is 13.6. The second-order valence-corrected chi connectivity index (χ2v) is 10.7. The average Bonchev–Trinajstić information content (AvgIpc) is 3.54. The van der Waals surface area contributed by atoms with E-state index in [9.17, 15) is 9.18 Å². The molecule has 0 spiro atoms. The van der Waals surface area contributed by atoms with E-state index >= 15 is 0 Å². The molecule has 210 valence electrons. The van der Waals surface area contributed by atoms with Crippen molar-refractivity contribution in [1.82, 2.24) is 14.9 Å². The molecule has 11 heteroatoms. The normalized spacial score (nSPS) is 22.7. The van der Waals surface area contributed by atoms with Gasteiger partial charge in [0.15, 0.2) is 0 Å². The highest BCUT2D eigenvalue weighted by Crippen LogP contribution is 2.34. The van der Waals surface area contributed by atoms with Crippen molar-refractivity contribution in [2.24, 2.45) is 0 Å². The Hall–Kier alpha value is -3.31. The van der Waals surface area contributed by atoms with Gasteiger partial charge in [0, 0.05) is 48.5 Å². The second kappa shape index (κ2) is 12.1. The number of carbonyl (C=O) groups excluding carboxylic acids is 1. The van der Waals surface area contributed by atoms with Gasteiger partial charge < -0.3 is 24.8 Å². The molecule has 1 aromatic heterocycles. The fraction of sp³-hybridized carbons (Fsp3) is 0.414. The molecular formula is C29H31ClFN5O4. The number of carbonyl (C=O) groups is 1. The summed E-state index contributed by atoms with van der Waals surface area (Å²) in [5.41, 5.74) is 1.67. The molecule has 2 unspecified atom stereocenters. The Bertz CT molecular complexity index is 1400. The van der Waals surface area contributed by atoms with Gasteiger partial charge in [-0.2, -0.15) is 0 Å². The quantitative estimate of drug-likeness (QED) is 0.345. The average molecular weight is 568 g/mol. The number of fused-ring (bicyclic) bond motifs is 3. The van der Waals surface area contributed by atoms with E-state index in [1.807, 2.05) is 6.08 Å². The maximum atomic E-state index is 13.7. The number of nitrogens with zero attached hydrogens (tertiary/aromatic N) is 3. The van der Waals surface area contributed by atoms with Crippen molar-refractivity contribution in [3.05, 3.63) is 59.7 Å². The zero-order chi connectivity index (χ0) is 27.5. The zero-order valence-corrected chi connectivity index (χ0v) is 22.7. The van der Waals surface area contributed by atoms with E-state index < -0.39 is 5.82 Å². The maximum absolute atomic E-state index is 13.7. The number of rotatable bonds is 9.